The van der Waals surface area contributed by atoms with Gasteiger partial charge >= 0.3 is 6.09 Å². The zero-order valence-corrected chi connectivity index (χ0v) is 14.6. The molecule has 2 aliphatic rings. The lowest BCUT2D eigenvalue weighted by atomic mass is 9.89. The number of carbonyl (C=O) groups excluding carboxylic acids is 1. The Morgan fingerprint density at radius 1 is 1.39 bits per heavy atom. The maximum absolute atomic E-state index is 12.1. The molecule has 0 N–H and O–H groups in total. The Bertz CT molecular complexity index is 592. The van der Waals surface area contributed by atoms with Gasteiger partial charge in [0, 0.05) is 25.1 Å². The van der Waals surface area contributed by atoms with Crippen LogP contribution in [0.1, 0.15) is 39.2 Å². The molecule has 2 aliphatic heterocycles. The number of amides is 1. The molecule has 0 saturated carbocycles. The summed E-state index contributed by atoms with van der Waals surface area (Å²) >= 11 is 5.94. The minimum atomic E-state index is -0.448. The highest BCUT2D eigenvalue weighted by atomic mass is 35.5. The second-order valence-corrected chi connectivity index (χ2v) is 7.67. The molecule has 0 aromatic carbocycles. The normalized spacial score (nSPS) is 21.7. The standard InChI is InChI=1S/C17H23ClN2O3/c1-17(2,3)23-16(21)20-6-4-11(5-7-20)13-8-12-9-15(18)19-10-14(12)22-13/h9-11,13H,4-8H2,1-3H3/t13-/m1/s1. The number of halogens is 1. The smallest absolute Gasteiger partial charge is 0.410 e. The van der Waals surface area contributed by atoms with Gasteiger partial charge in [-0.25, -0.2) is 9.78 Å². The molecule has 0 bridgehead atoms. The Morgan fingerprint density at radius 2 is 2.09 bits per heavy atom. The topological polar surface area (TPSA) is 51.7 Å². The van der Waals surface area contributed by atoms with Crippen LogP contribution >= 0.6 is 11.6 Å². The SMILES string of the molecule is CC(C)(C)OC(=O)N1CCC([C@H]2Cc3cc(Cl)ncc3O2)CC1. The quantitative estimate of drug-likeness (QED) is 0.733. The maximum Gasteiger partial charge on any atom is 0.410 e. The number of ether oxygens (including phenoxy) is 2. The Labute approximate surface area is 141 Å². The Morgan fingerprint density at radius 3 is 2.74 bits per heavy atom. The largest absolute Gasteiger partial charge is 0.488 e. The van der Waals surface area contributed by atoms with Crippen LogP contribution in [0.2, 0.25) is 5.15 Å². The average molecular weight is 339 g/mol. The van der Waals surface area contributed by atoms with Gasteiger partial charge in [0.05, 0.1) is 6.20 Å². The third-order valence-corrected chi connectivity index (χ3v) is 4.54. The van der Waals surface area contributed by atoms with Gasteiger partial charge in [0.1, 0.15) is 22.6 Å². The second-order valence-electron chi connectivity index (χ2n) is 7.28. The van der Waals surface area contributed by atoms with Gasteiger partial charge in [-0.05, 0) is 45.6 Å². The van der Waals surface area contributed by atoms with Crippen molar-refractivity contribution in [1.82, 2.24) is 9.88 Å². The van der Waals surface area contributed by atoms with Gasteiger partial charge in [-0.1, -0.05) is 11.6 Å². The number of rotatable bonds is 1. The molecule has 1 amide bonds. The van der Waals surface area contributed by atoms with Crippen LogP contribution < -0.4 is 4.74 Å². The first-order chi connectivity index (χ1) is 10.8. The van der Waals surface area contributed by atoms with Crippen molar-refractivity contribution < 1.29 is 14.3 Å². The molecular weight excluding hydrogens is 316 g/mol. The van der Waals surface area contributed by atoms with E-state index in [0.29, 0.717) is 11.1 Å². The van der Waals surface area contributed by atoms with Crippen LogP contribution in [0.25, 0.3) is 0 Å². The van der Waals surface area contributed by atoms with Crippen LogP contribution in [0.4, 0.5) is 4.79 Å². The summed E-state index contributed by atoms with van der Waals surface area (Å²) in [5.41, 5.74) is 0.681. The third-order valence-electron chi connectivity index (χ3n) is 4.33. The molecule has 1 aromatic heterocycles. The summed E-state index contributed by atoms with van der Waals surface area (Å²) in [6.45, 7) is 7.10. The van der Waals surface area contributed by atoms with E-state index in [1.54, 1.807) is 11.1 Å². The summed E-state index contributed by atoms with van der Waals surface area (Å²) in [7, 11) is 0. The first-order valence-electron chi connectivity index (χ1n) is 8.11. The van der Waals surface area contributed by atoms with Crippen molar-refractivity contribution in [3.63, 3.8) is 0 Å². The molecule has 0 spiro atoms. The van der Waals surface area contributed by atoms with E-state index in [-0.39, 0.29) is 12.2 Å². The van der Waals surface area contributed by atoms with Gasteiger partial charge < -0.3 is 14.4 Å². The highest BCUT2D eigenvalue weighted by molar-refractivity contribution is 6.29. The molecule has 0 aliphatic carbocycles. The molecule has 126 valence electrons. The highest BCUT2D eigenvalue weighted by Crippen LogP contribution is 2.35. The van der Waals surface area contributed by atoms with E-state index in [0.717, 1.165) is 43.7 Å². The number of carbonyl (C=O) groups is 1. The number of fused-ring (bicyclic) bond motifs is 1. The lowest BCUT2D eigenvalue weighted by Gasteiger charge is -2.35. The van der Waals surface area contributed by atoms with E-state index in [9.17, 15) is 4.79 Å². The monoisotopic (exact) mass is 338 g/mol. The first kappa shape index (κ1) is 16.4. The van der Waals surface area contributed by atoms with Crippen LogP contribution in [0.15, 0.2) is 12.3 Å². The molecule has 6 heteroatoms. The molecule has 1 atom stereocenters. The van der Waals surface area contributed by atoms with Crippen LogP contribution in [0.3, 0.4) is 0 Å². The number of pyridine rings is 1. The third kappa shape index (κ3) is 3.89. The number of hydrogen-bond donors (Lipinski definition) is 0. The second kappa shape index (κ2) is 6.19. The van der Waals surface area contributed by atoms with Gasteiger partial charge in [0.15, 0.2) is 0 Å². The van der Waals surface area contributed by atoms with Crippen molar-refractivity contribution >= 4 is 17.7 Å². The van der Waals surface area contributed by atoms with Crippen LogP contribution in [0.5, 0.6) is 5.75 Å². The Balaban J connectivity index is 1.53. The zero-order chi connectivity index (χ0) is 16.6. The molecule has 3 heterocycles. The van der Waals surface area contributed by atoms with Crippen LogP contribution in [-0.4, -0.2) is 40.8 Å². The minimum Gasteiger partial charge on any atom is -0.488 e. The van der Waals surface area contributed by atoms with E-state index >= 15 is 0 Å². The summed E-state index contributed by atoms with van der Waals surface area (Å²) in [4.78, 5) is 18.0. The molecular formula is C17H23ClN2O3. The van der Waals surface area contributed by atoms with E-state index in [4.69, 9.17) is 21.1 Å². The number of nitrogens with zero attached hydrogens (tertiary/aromatic N) is 2. The molecule has 0 radical (unpaired) electrons. The van der Waals surface area contributed by atoms with E-state index < -0.39 is 5.60 Å². The predicted molar refractivity (Wildman–Crippen MR) is 87.9 cm³/mol. The van der Waals surface area contributed by atoms with Gasteiger partial charge in [0.25, 0.3) is 0 Å². The predicted octanol–water partition coefficient (Wildman–Crippen LogP) is 3.69. The number of likely N-dealkylation sites (tertiary alicyclic amines) is 1. The van der Waals surface area contributed by atoms with Gasteiger partial charge in [-0.15, -0.1) is 0 Å². The van der Waals surface area contributed by atoms with Gasteiger partial charge in [0.2, 0.25) is 0 Å². The highest BCUT2D eigenvalue weighted by Gasteiger charge is 2.35. The summed E-state index contributed by atoms with van der Waals surface area (Å²) in [6.07, 6.45) is 4.37. The fourth-order valence-electron chi connectivity index (χ4n) is 3.19. The molecule has 1 aromatic rings. The zero-order valence-electron chi connectivity index (χ0n) is 13.8. The number of hydrogen-bond acceptors (Lipinski definition) is 4. The van der Waals surface area contributed by atoms with E-state index in [1.165, 1.54) is 0 Å². The molecule has 1 fully saturated rings. The molecule has 1 saturated heterocycles. The lowest BCUT2D eigenvalue weighted by molar-refractivity contribution is 0.0123. The maximum atomic E-state index is 12.1. The van der Waals surface area contributed by atoms with Gasteiger partial charge in [-0.2, -0.15) is 0 Å². The average Bonchev–Trinajstić information content (AvgIpc) is 2.88. The number of piperidine rings is 1. The van der Waals surface area contributed by atoms with Crippen molar-refractivity contribution in [2.45, 2.75) is 51.7 Å². The Hall–Kier alpha value is -1.49. The van der Waals surface area contributed by atoms with E-state index in [2.05, 4.69) is 4.98 Å². The lowest BCUT2D eigenvalue weighted by Crippen LogP contribution is -2.44. The fraction of sp³-hybridized carbons (Fsp3) is 0.647. The van der Waals surface area contributed by atoms with E-state index in [1.807, 2.05) is 26.8 Å². The minimum absolute atomic E-state index is 0.158. The van der Waals surface area contributed by atoms with Crippen molar-refractivity contribution in [2.24, 2.45) is 5.92 Å². The summed E-state index contributed by atoms with van der Waals surface area (Å²) in [6, 6.07) is 1.88. The number of aromatic nitrogens is 1. The molecule has 0 unspecified atom stereocenters. The van der Waals surface area contributed by atoms with Crippen molar-refractivity contribution in [3.05, 3.63) is 23.0 Å². The van der Waals surface area contributed by atoms with Crippen LogP contribution in [-0.2, 0) is 11.2 Å². The Kier molecular flexibility index (Phi) is 4.41. The first-order valence-corrected chi connectivity index (χ1v) is 8.48. The molecule has 3 rings (SSSR count). The summed E-state index contributed by atoms with van der Waals surface area (Å²) in [5.74, 6) is 1.29. The van der Waals surface area contributed by atoms with Gasteiger partial charge in [-0.3, -0.25) is 0 Å². The van der Waals surface area contributed by atoms with Crippen molar-refractivity contribution in [1.29, 1.82) is 0 Å². The summed E-state index contributed by atoms with van der Waals surface area (Å²) in [5, 5.41) is 0.507. The summed E-state index contributed by atoms with van der Waals surface area (Å²) < 4.78 is 11.5. The fourth-order valence-corrected chi connectivity index (χ4v) is 3.37. The van der Waals surface area contributed by atoms with Crippen molar-refractivity contribution in [2.75, 3.05) is 13.1 Å². The molecule has 23 heavy (non-hydrogen) atoms. The molecule has 5 nitrogen and oxygen atoms in total. The van der Waals surface area contributed by atoms with Crippen molar-refractivity contribution in [3.8, 4) is 5.75 Å². The van der Waals surface area contributed by atoms with Crippen LogP contribution in [0, 0.1) is 5.92 Å².